The van der Waals surface area contributed by atoms with Crippen LogP contribution in [0.1, 0.15) is 16.1 Å². The van der Waals surface area contributed by atoms with Gasteiger partial charge in [-0.05, 0) is 36.4 Å². The summed E-state index contributed by atoms with van der Waals surface area (Å²) in [5.74, 6) is 0.0616. The molecule has 5 nitrogen and oxygen atoms in total. The van der Waals surface area contributed by atoms with Crippen LogP contribution in [0, 0.1) is 5.82 Å². The molecule has 0 atom stereocenters. The molecule has 0 aliphatic rings. The summed E-state index contributed by atoms with van der Waals surface area (Å²) in [6.45, 7) is 0.386. The zero-order valence-corrected chi connectivity index (χ0v) is 16.1. The fourth-order valence-electron chi connectivity index (χ4n) is 2.45. The number of ether oxygens (including phenoxy) is 1. The van der Waals surface area contributed by atoms with Crippen molar-refractivity contribution in [2.45, 2.75) is 6.61 Å². The Hall–Kier alpha value is -3.10. The van der Waals surface area contributed by atoms with E-state index in [0.29, 0.717) is 34.3 Å². The first-order valence-corrected chi connectivity index (χ1v) is 10.1. The van der Waals surface area contributed by atoms with Crippen molar-refractivity contribution in [3.05, 3.63) is 81.9 Å². The molecule has 0 unspecified atom stereocenters. The smallest absolute Gasteiger partial charge is 0.257 e. The van der Waals surface area contributed by atoms with Gasteiger partial charge >= 0.3 is 0 Å². The van der Waals surface area contributed by atoms with Gasteiger partial charge in [0.05, 0.1) is 16.9 Å². The third kappa shape index (κ3) is 4.41. The Morgan fingerprint density at radius 3 is 2.75 bits per heavy atom. The Kier molecular flexibility index (Phi) is 5.41. The standard InChI is InChI=1S/C20H14FN3O2S2/c21-15-3-1-2-14(8-15)18-11-28-20(23-18)24-19(25)13-4-6-17(7-5-13)26-9-16-10-27-12-22-16/h1-8,10-12H,9H2,(H,23,24,25). The molecule has 0 saturated carbocycles. The number of halogens is 1. The largest absolute Gasteiger partial charge is 0.487 e. The predicted octanol–water partition coefficient (Wildman–Crippen LogP) is 5.24. The number of benzene rings is 2. The third-order valence-electron chi connectivity index (χ3n) is 3.83. The predicted molar refractivity (Wildman–Crippen MR) is 108 cm³/mol. The molecule has 140 valence electrons. The maximum absolute atomic E-state index is 13.4. The fourth-order valence-corrected chi connectivity index (χ4v) is 3.71. The SMILES string of the molecule is O=C(Nc1nc(-c2cccc(F)c2)cs1)c1ccc(OCc2cscn2)cc1. The highest BCUT2D eigenvalue weighted by Gasteiger charge is 2.11. The average molecular weight is 411 g/mol. The summed E-state index contributed by atoms with van der Waals surface area (Å²) in [5, 5.41) is 6.92. The Balaban J connectivity index is 1.38. The molecule has 0 aliphatic heterocycles. The lowest BCUT2D eigenvalue weighted by Crippen LogP contribution is -2.11. The molecule has 0 spiro atoms. The van der Waals surface area contributed by atoms with Crippen molar-refractivity contribution < 1.29 is 13.9 Å². The molecule has 4 rings (SSSR count). The van der Waals surface area contributed by atoms with Crippen LogP contribution in [0.25, 0.3) is 11.3 Å². The van der Waals surface area contributed by atoms with Crippen LogP contribution < -0.4 is 10.1 Å². The molecule has 0 fully saturated rings. The van der Waals surface area contributed by atoms with Crippen LogP contribution in [0.5, 0.6) is 5.75 Å². The van der Waals surface area contributed by atoms with Crippen molar-refractivity contribution in [3.63, 3.8) is 0 Å². The van der Waals surface area contributed by atoms with E-state index < -0.39 is 0 Å². The van der Waals surface area contributed by atoms with E-state index in [9.17, 15) is 9.18 Å². The second-order valence-corrected chi connectivity index (χ2v) is 7.37. The Bertz CT molecular complexity index is 1080. The van der Waals surface area contributed by atoms with Crippen LogP contribution in [0.2, 0.25) is 0 Å². The number of carbonyl (C=O) groups is 1. The first-order chi connectivity index (χ1) is 13.7. The molecule has 0 bridgehead atoms. The summed E-state index contributed by atoms with van der Waals surface area (Å²) in [4.78, 5) is 20.9. The van der Waals surface area contributed by atoms with Gasteiger partial charge in [0.15, 0.2) is 5.13 Å². The number of rotatable bonds is 6. The van der Waals surface area contributed by atoms with E-state index in [1.165, 1.54) is 34.8 Å². The van der Waals surface area contributed by atoms with Gasteiger partial charge in [-0.15, -0.1) is 22.7 Å². The summed E-state index contributed by atoms with van der Waals surface area (Å²) in [5.41, 5.74) is 4.39. The second kappa shape index (κ2) is 8.28. The molecule has 1 N–H and O–H groups in total. The van der Waals surface area contributed by atoms with Gasteiger partial charge in [-0.2, -0.15) is 0 Å². The molecule has 0 aliphatic carbocycles. The van der Waals surface area contributed by atoms with Crippen molar-refractivity contribution in [3.8, 4) is 17.0 Å². The highest BCUT2D eigenvalue weighted by atomic mass is 32.1. The highest BCUT2D eigenvalue weighted by Crippen LogP contribution is 2.26. The van der Waals surface area contributed by atoms with E-state index in [1.807, 2.05) is 5.38 Å². The number of hydrogen-bond donors (Lipinski definition) is 1. The Labute approximate surface area is 168 Å². The number of carbonyl (C=O) groups excluding carboxylic acids is 1. The molecule has 4 aromatic rings. The molecule has 1 amide bonds. The first-order valence-electron chi connectivity index (χ1n) is 8.30. The zero-order valence-electron chi connectivity index (χ0n) is 14.5. The van der Waals surface area contributed by atoms with Crippen molar-refractivity contribution in [2.75, 3.05) is 5.32 Å². The van der Waals surface area contributed by atoms with Gasteiger partial charge in [0.25, 0.3) is 5.91 Å². The Morgan fingerprint density at radius 2 is 2.00 bits per heavy atom. The normalized spacial score (nSPS) is 10.6. The van der Waals surface area contributed by atoms with Crippen LogP contribution in [0.4, 0.5) is 9.52 Å². The maximum atomic E-state index is 13.4. The summed E-state index contributed by atoms with van der Waals surface area (Å²) in [7, 11) is 0. The number of nitrogens with one attached hydrogen (secondary N) is 1. The summed E-state index contributed by atoms with van der Waals surface area (Å²) in [6.07, 6.45) is 0. The van der Waals surface area contributed by atoms with Crippen LogP contribution in [-0.4, -0.2) is 15.9 Å². The van der Waals surface area contributed by atoms with E-state index in [1.54, 1.807) is 47.3 Å². The topological polar surface area (TPSA) is 64.1 Å². The van der Waals surface area contributed by atoms with Crippen molar-refractivity contribution in [2.24, 2.45) is 0 Å². The van der Waals surface area contributed by atoms with E-state index in [-0.39, 0.29) is 11.7 Å². The van der Waals surface area contributed by atoms with E-state index in [2.05, 4.69) is 15.3 Å². The van der Waals surface area contributed by atoms with Gasteiger partial charge < -0.3 is 4.74 Å². The zero-order chi connectivity index (χ0) is 19.3. The molecule has 8 heteroatoms. The van der Waals surface area contributed by atoms with Gasteiger partial charge in [0.1, 0.15) is 18.2 Å². The van der Waals surface area contributed by atoms with E-state index in [4.69, 9.17) is 4.74 Å². The minimum Gasteiger partial charge on any atom is -0.487 e. The van der Waals surface area contributed by atoms with Crippen LogP contribution in [0.15, 0.2) is 64.8 Å². The summed E-state index contributed by atoms with van der Waals surface area (Å²) < 4.78 is 19.0. The number of nitrogens with zero attached hydrogens (tertiary/aromatic N) is 2. The average Bonchev–Trinajstić information content (AvgIpc) is 3.39. The lowest BCUT2D eigenvalue weighted by molar-refractivity contribution is 0.102. The van der Waals surface area contributed by atoms with Crippen LogP contribution >= 0.6 is 22.7 Å². The van der Waals surface area contributed by atoms with Crippen molar-refractivity contribution in [1.29, 1.82) is 0 Å². The van der Waals surface area contributed by atoms with E-state index in [0.717, 1.165) is 5.69 Å². The summed E-state index contributed by atoms with van der Waals surface area (Å²) in [6, 6.07) is 13.0. The highest BCUT2D eigenvalue weighted by molar-refractivity contribution is 7.14. The number of hydrogen-bond acceptors (Lipinski definition) is 6. The maximum Gasteiger partial charge on any atom is 0.257 e. The minimum atomic E-state index is -0.326. The van der Waals surface area contributed by atoms with Crippen molar-refractivity contribution in [1.82, 2.24) is 9.97 Å². The van der Waals surface area contributed by atoms with Gasteiger partial charge in [-0.25, -0.2) is 14.4 Å². The van der Waals surface area contributed by atoms with Crippen molar-refractivity contribution >= 4 is 33.7 Å². The molecule has 2 aromatic carbocycles. The number of thiazole rings is 2. The molecule has 0 saturated heterocycles. The molecule has 2 aromatic heterocycles. The minimum absolute atomic E-state index is 0.272. The fraction of sp³-hybridized carbons (Fsp3) is 0.0500. The van der Waals surface area contributed by atoms with Crippen LogP contribution in [0.3, 0.4) is 0 Å². The molecule has 28 heavy (non-hydrogen) atoms. The van der Waals surface area contributed by atoms with Gasteiger partial charge in [-0.3, -0.25) is 10.1 Å². The van der Waals surface area contributed by atoms with Gasteiger partial charge in [0, 0.05) is 21.9 Å². The lowest BCUT2D eigenvalue weighted by atomic mass is 10.2. The van der Waals surface area contributed by atoms with Crippen LogP contribution in [-0.2, 0) is 6.61 Å². The third-order valence-corrected chi connectivity index (χ3v) is 5.22. The summed E-state index contributed by atoms with van der Waals surface area (Å²) >= 11 is 2.80. The van der Waals surface area contributed by atoms with E-state index >= 15 is 0 Å². The number of aromatic nitrogens is 2. The Morgan fingerprint density at radius 1 is 1.14 bits per heavy atom. The monoisotopic (exact) mass is 411 g/mol. The lowest BCUT2D eigenvalue weighted by Gasteiger charge is -2.06. The molecule has 2 heterocycles. The molecule has 0 radical (unpaired) electrons. The van der Waals surface area contributed by atoms with Gasteiger partial charge in [-0.1, -0.05) is 12.1 Å². The quantitative estimate of drug-likeness (QED) is 0.471. The molecular weight excluding hydrogens is 397 g/mol. The number of amides is 1. The number of anilines is 1. The van der Waals surface area contributed by atoms with Gasteiger partial charge in [0.2, 0.25) is 0 Å². The first kappa shape index (κ1) is 18.3. The molecular formula is C20H14FN3O2S2. The second-order valence-electron chi connectivity index (χ2n) is 5.80.